The molecule has 0 bridgehead atoms. The number of nitrogens with one attached hydrogen (secondary N) is 1. The summed E-state index contributed by atoms with van der Waals surface area (Å²) in [5.41, 5.74) is 2.29. The Bertz CT molecular complexity index is 1260. The monoisotopic (exact) mass is 440 g/mol. The number of aromatic nitrogens is 4. The van der Waals surface area contributed by atoms with Crippen LogP contribution in [0.4, 0.5) is 16.6 Å². The van der Waals surface area contributed by atoms with Crippen molar-refractivity contribution in [2.45, 2.75) is 25.4 Å². The van der Waals surface area contributed by atoms with Crippen LogP contribution >= 0.6 is 0 Å². The average Bonchev–Trinajstić information content (AvgIpc) is 3.46. The molecule has 1 saturated heterocycles. The minimum Gasteiger partial charge on any atom is -0.446 e. The van der Waals surface area contributed by atoms with Crippen molar-refractivity contribution in [2.24, 2.45) is 0 Å². The molecule has 0 aliphatic carbocycles. The summed E-state index contributed by atoms with van der Waals surface area (Å²) < 4.78 is 7.25. The van der Waals surface area contributed by atoms with Crippen molar-refractivity contribution >= 4 is 17.9 Å². The number of hydrogen-bond donors (Lipinski definition) is 1. The summed E-state index contributed by atoms with van der Waals surface area (Å²) in [5.74, 6) is 0.899. The number of carbonyl (C=O) groups excluding carboxylic acids is 1. The molecular formula is C25H24N6O2. The standard InChI is InChI=1S/C25H24N6O2/c1-18(19-15-27-30(16-19)21-11-7-4-8-12-21)28-23-26-14-13-22(29-23)31-24(32)33-17-25(31,2)20-9-5-3-6-10-20/h3-16,18H,17H2,1-2H3,(H,26,28,29)/t18?,25-/m1/s1. The first-order valence-electron chi connectivity index (χ1n) is 10.8. The maximum Gasteiger partial charge on any atom is 0.416 e. The molecule has 166 valence electrons. The summed E-state index contributed by atoms with van der Waals surface area (Å²) in [6.07, 6.45) is 5.00. The number of anilines is 2. The highest BCUT2D eigenvalue weighted by atomic mass is 16.6. The number of carbonyl (C=O) groups is 1. The van der Waals surface area contributed by atoms with Gasteiger partial charge in [-0.2, -0.15) is 10.1 Å². The van der Waals surface area contributed by atoms with Crippen molar-refractivity contribution in [1.29, 1.82) is 0 Å². The van der Waals surface area contributed by atoms with E-state index in [1.54, 1.807) is 17.2 Å². The van der Waals surface area contributed by atoms with Gasteiger partial charge in [-0.15, -0.1) is 0 Å². The Morgan fingerprint density at radius 3 is 2.55 bits per heavy atom. The summed E-state index contributed by atoms with van der Waals surface area (Å²) in [4.78, 5) is 23.2. The Morgan fingerprint density at radius 1 is 1.06 bits per heavy atom. The fourth-order valence-electron chi connectivity index (χ4n) is 3.99. The van der Waals surface area contributed by atoms with E-state index in [-0.39, 0.29) is 12.6 Å². The van der Waals surface area contributed by atoms with Gasteiger partial charge >= 0.3 is 6.09 Å². The second kappa shape index (κ2) is 8.38. The molecule has 2 atom stereocenters. The third kappa shape index (κ3) is 3.91. The van der Waals surface area contributed by atoms with Gasteiger partial charge in [-0.05, 0) is 37.6 Å². The predicted molar refractivity (Wildman–Crippen MR) is 125 cm³/mol. The van der Waals surface area contributed by atoms with Gasteiger partial charge in [-0.3, -0.25) is 0 Å². The van der Waals surface area contributed by atoms with Crippen LogP contribution in [0.3, 0.4) is 0 Å². The second-order valence-electron chi connectivity index (χ2n) is 8.19. The number of nitrogens with zero attached hydrogens (tertiary/aromatic N) is 5. The highest BCUT2D eigenvalue weighted by Crippen LogP contribution is 2.37. The van der Waals surface area contributed by atoms with E-state index in [9.17, 15) is 4.79 Å². The van der Waals surface area contributed by atoms with Gasteiger partial charge in [0.25, 0.3) is 0 Å². The van der Waals surface area contributed by atoms with E-state index in [1.165, 1.54) is 0 Å². The van der Waals surface area contributed by atoms with Crippen LogP contribution in [0.1, 0.15) is 31.0 Å². The van der Waals surface area contributed by atoms with E-state index in [0.29, 0.717) is 11.8 Å². The summed E-state index contributed by atoms with van der Waals surface area (Å²) in [5, 5.41) is 7.77. The van der Waals surface area contributed by atoms with Gasteiger partial charge in [-0.25, -0.2) is 19.4 Å². The lowest BCUT2D eigenvalue weighted by Gasteiger charge is -2.31. The molecule has 4 aromatic rings. The van der Waals surface area contributed by atoms with Crippen LogP contribution in [0.5, 0.6) is 0 Å². The lowest BCUT2D eigenvalue weighted by Crippen LogP contribution is -2.42. The molecule has 0 saturated carbocycles. The number of rotatable bonds is 6. The molecule has 1 aliphatic rings. The first-order valence-corrected chi connectivity index (χ1v) is 10.8. The van der Waals surface area contributed by atoms with Crippen molar-refractivity contribution in [1.82, 2.24) is 19.7 Å². The highest BCUT2D eigenvalue weighted by Gasteiger charge is 2.46. The zero-order valence-electron chi connectivity index (χ0n) is 18.4. The van der Waals surface area contributed by atoms with Gasteiger partial charge in [0.2, 0.25) is 5.95 Å². The lowest BCUT2D eigenvalue weighted by atomic mass is 9.92. The maximum atomic E-state index is 12.7. The van der Waals surface area contributed by atoms with Gasteiger partial charge in [-0.1, -0.05) is 48.5 Å². The molecule has 1 N–H and O–H groups in total. The van der Waals surface area contributed by atoms with Crippen molar-refractivity contribution in [3.05, 3.63) is 96.4 Å². The lowest BCUT2D eigenvalue weighted by molar-refractivity contribution is 0.174. The first-order chi connectivity index (χ1) is 16.0. The Morgan fingerprint density at radius 2 is 1.79 bits per heavy atom. The summed E-state index contributed by atoms with van der Waals surface area (Å²) in [7, 11) is 0. The highest BCUT2D eigenvalue weighted by molar-refractivity contribution is 5.90. The van der Waals surface area contributed by atoms with Crippen LogP contribution in [0.2, 0.25) is 0 Å². The molecule has 0 radical (unpaired) electrons. The van der Waals surface area contributed by atoms with Crippen LogP contribution in [0, 0.1) is 0 Å². The van der Waals surface area contributed by atoms with E-state index in [4.69, 9.17) is 4.74 Å². The molecule has 2 aromatic carbocycles. The summed E-state index contributed by atoms with van der Waals surface area (Å²) >= 11 is 0. The maximum absolute atomic E-state index is 12.7. The Labute approximate surface area is 191 Å². The molecule has 1 amide bonds. The Hall–Kier alpha value is -4.20. The summed E-state index contributed by atoms with van der Waals surface area (Å²) in [6, 6.07) is 21.4. The number of amides is 1. The smallest absolute Gasteiger partial charge is 0.416 e. The average molecular weight is 441 g/mol. The molecule has 8 heteroatoms. The number of cyclic esters (lactones) is 1. The first kappa shape index (κ1) is 20.7. The third-order valence-electron chi connectivity index (χ3n) is 5.89. The number of hydrogen-bond acceptors (Lipinski definition) is 6. The van der Waals surface area contributed by atoms with E-state index >= 15 is 0 Å². The van der Waals surface area contributed by atoms with Crippen LogP contribution < -0.4 is 10.2 Å². The van der Waals surface area contributed by atoms with Crippen LogP contribution in [-0.4, -0.2) is 32.4 Å². The number of ether oxygens (including phenoxy) is 1. The van der Waals surface area contributed by atoms with Gasteiger partial charge < -0.3 is 10.1 Å². The zero-order chi connectivity index (χ0) is 22.8. The van der Waals surface area contributed by atoms with Crippen molar-refractivity contribution < 1.29 is 9.53 Å². The molecule has 1 unspecified atom stereocenters. The Balaban J connectivity index is 1.38. The van der Waals surface area contributed by atoms with E-state index in [2.05, 4.69) is 20.4 Å². The van der Waals surface area contributed by atoms with Gasteiger partial charge in [0.15, 0.2) is 0 Å². The molecule has 3 heterocycles. The van der Waals surface area contributed by atoms with Crippen molar-refractivity contribution in [3.63, 3.8) is 0 Å². The van der Waals surface area contributed by atoms with Crippen LogP contribution in [0.25, 0.3) is 5.69 Å². The molecule has 5 rings (SSSR count). The van der Waals surface area contributed by atoms with E-state index in [0.717, 1.165) is 16.8 Å². The SMILES string of the molecule is CC(Nc1nccc(N2C(=O)OC[C@]2(C)c2ccccc2)n1)c1cnn(-c2ccccc2)c1. The normalized spacial score (nSPS) is 18.7. The molecule has 33 heavy (non-hydrogen) atoms. The number of benzene rings is 2. The fraction of sp³-hybridized carbons (Fsp3) is 0.200. The van der Waals surface area contributed by atoms with Gasteiger partial charge in [0.1, 0.15) is 18.0 Å². The molecule has 2 aromatic heterocycles. The largest absolute Gasteiger partial charge is 0.446 e. The van der Waals surface area contributed by atoms with E-state index in [1.807, 2.05) is 91.6 Å². The molecule has 1 aliphatic heterocycles. The van der Waals surface area contributed by atoms with Crippen LogP contribution in [0.15, 0.2) is 85.3 Å². The van der Waals surface area contributed by atoms with Crippen LogP contribution in [-0.2, 0) is 10.3 Å². The molecule has 8 nitrogen and oxygen atoms in total. The topological polar surface area (TPSA) is 85.2 Å². The zero-order valence-corrected chi connectivity index (χ0v) is 18.4. The van der Waals surface area contributed by atoms with Gasteiger partial charge in [0.05, 0.1) is 17.9 Å². The summed E-state index contributed by atoms with van der Waals surface area (Å²) in [6.45, 7) is 4.24. The van der Waals surface area contributed by atoms with Gasteiger partial charge in [0, 0.05) is 18.0 Å². The Kier molecular flexibility index (Phi) is 5.26. The minimum atomic E-state index is -0.660. The molecule has 1 fully saturated rings. The predicted octanol–water partition coefficient (Wildman–Crippen LogP) is 4.71. The van der Waals surface area contributed by atoms with Crippen molar-refractivity contribution in [2.75, 3.05) is 16.8 Å². The third-order valence-corrected chi connectivity index (χ3v) is 5.89. The number of para-hydroxylation sites is 1. The molecule has 0 spiro atoms. The van der Waals surface area contributed by atoms with E-state index < -0.39 is 11.6 Å². The fourth-order valence-corrected chi connectivity index (χ4v) is 3.99. The second-order valence-corrected chi connectivity index (χ2v) is 8.19. The molecular weight excluding hydrogens is 416 g/mol. The van der Waals surface area contributed by atoms with Crippen molar-refractivity contribution in [3.8, 4) is 5.69 Å². The quantitative estimate of drug-likeness (QED) is 0.468. The minimum absolute atomic E-state index is 0.0938.